The van der Waals surface area contributed by atoms with Crippen LogP contribution in [0.5, 0.6) is 17.2 Å². The molecular formula is C35H46O6. The van der Waals surface area contributed by atoms with Gasteiger partial charge in [0.25, 0.3) is 0 Å². The Hall–Kier alpha value is -3.09. The molecule has 4 rings (SSSR count). The zero-order valence-electron chi connectivity index (χ0n) is 24.3. The molecule has 0 saturated carbocycles. The van der Waals surface area contributed by atoms with E-state index in [1.54, 1.807) is 36.4 Å². The first-order valence-corrected chi connectivity index (χ1v) is 15.4. The molecule has 0 bridgehead atoms. The number of unbranched alkanes of at least 4 members (excludes halogenated alkanes) is 2. The first-order chi connectivity index (χ1) is 20.3. The van der Waals surface area contributed by atoms with E-state index in [1.165, 1.54) is 25.7 Å². The van der Waals surface area contributed by atoms with Gasteiger partial charge >= 0.3 is 5.97 Å². The van der Waals surface area contributed by atoms with Gasteiger partial charge in [0.05, 0.1) is 18.8 Å². The SMILES string of the molecule is O=C(Oc1ccc(OCCCCOCC2CC=CCC2)cc1)c1ccc(OCCCCOCC2CC=CCC2)cc1. The van der Waals surface area contributed by atoms with E-state index < -0.39 is 5.97 Å². The van der Waals surface area contributed by atoms with Gasteiger partial charge in [-0.15, -0.1) is 0 Å². The molecule has 2 aliphatic rings. The molecule has 0 heterocycles. The number of hydrogen-bond donors (Lipinski definition) is 0. The Labute approximate surface area is 245 Å². The van der Waals surface area contributed by atoms with Gasteiger partial charge < -0.3 is 23.7 Å². The number of benzene rings is 2. The average molecular weight is 563 g/mol. The second-order valence-corrected chi connectivity index (χ2v) is 10.9. The van der Waals surface area contributed by atoms with Crippen molar-refractivity contribution in [2.45, 2.75) is 64.2 Å². The molecule has 0 aromatic heterocycles. The van der Waals surface area contributed by atoms with Crippen LogP contribution in [-0.2, 0) is 9.47 Å². The summed E-state index contributed by atoms with van der Waals surface area (Å²) < 4.78 is 28.8. The Balaban J connectivity index is 1.03. The highest BCUT2D eigenvalue weighted by Gasteiger charge is 2.11. The summed E-state index contributed by atoms with van der Waals surface area (Å²) in [5, 5.41) is 0. The third-order valence-electron chi connectivity index (χ3n) is 7.49. The van der Waals surface area contributed by atoms with Crippen molar-refractivity contribution in [3.05, 3.63) is 78.4 Å². The standard InChI is InChI=1S/C35H46O6/c36-35(31-15-17-32(18-16-31)39-25-9-7-23-37-27-29-11-3-1-4-12-29)41-34-21-19-33(20-22-34)40-26-10-8-24-38-28-30-13-5-2-6-14-30/h1-3,5,15-22,29-30H,4,6-14,23-28H2. The van der Waals surface area contributed by atoms with Gasteiger partial charge in [0.2, 0.25) is 0 Å². The summed E-state index contributed by atoms with van der Waals surface area (Å²) in [6, 6.07) is 14.2. The molecule has 2 aromatic rings. The van der Waals surface area contributed by atoms with Gasteiger partial charge in [0.15, 0.2) is 0 Å². The molecule has 2 unspecified atom stereocenters. The van der Waals surface area contributed by atoms with Gasteiger partial charge in [0.1, 0.15) is 17.2 Å². The van der Waals surface area contributed by atoms with Gasteiger partial charge in [0, 0.05) is 26.4 Å². The third kappa shape index (κ3) is 12.1. The highest BCUT2D eigenvalue weighted by Crippen LogP contribution is 2.21. The van der Waals surface area contributed by atoms with Crippen molar-refractivity contribution in [2.24, 2.45) is 11.8 Å². The summed E-state index contributed by atoms with van der Waals surface area (Å²) >= 11 is 0. The summed E-state index contributed by atoms with van der Waals surface area (Å²) in [5.74, 6) is 2.93. The number of ether oxygens (including phenoxy) is 5. The molecule has 0 N–H and O–H groups in total. The van der Waals surface area contributed by atoms with E-state index in [4.69, 9.17) is 23.7 Å². The highest BCUT2D eigenvalue weighted by molar-refractivity contribution is 5.91. The second-order valence-electron chi connectivity index (χ2n) is 10.9. The largest absolute Gasteiger partial charge is 0.494 e. The Morgan fingerprint density at radius 2 is 1.05 bits per heavy atom. The smallest absolute Gasteiger partial charge is 0.343 e. The normalized spacial score (nSPS) is 18.2. The summed E-state index contributed by atoms with van der Waals surface area (Å²) in [6.07, 6.45) is 20.0. The minimum Gasteiger partial charge on any atom is -0.494 e. The second kappa shape index (κ2) is 18.4. The Morgan fingerprint density at radius 1 is 0.585 bits per heavy atom. The predicted octanol–water partition coefficient (Wildman–Crippen LogP) is 7.97. The Kier molecular flexibility index (Phi) is 13.8. The topological polar surface area (TPSA) is 63.2 Å². The lowest BCUT2D eigenvalue weighted by molar-refractivity contribution is 0.0734. The number of hydrogen-bond acceptors (Lipinski definition) is 6. The van der Waals surface area contributed by atoms with Crippen LogP contribution in [0.4, 0.5) is 0 Å². The molecule has 41 heavy (non-hydrogen) atoms. The fourth-order valence-corrected chi connectivity index (χ4v) is 4.96. The van der Waals surface area contributed by atoms with Crippen LogP contribution in [-0.4, -0.2) is 45.6 Å². The molecule has 6 heteroatoms. The van der Waals surface area contributed by atoms with Crippen molar-refractivity contribution in [1.82, 2.24) is 0 Å². The number of carbonyl (C=O) groups is 1. The van der Waals surface area contributed by atoms with Crippen molar-refractivity contribution in [2.75, 3.05) is 39.6 Å². The van der Waals surface area contributed by atoms with Crippen LogP contribution in [0, 0.1) is 11.8 Å². The molecule has 0 radical (unpaired) electrons. The third-order valence-corrected chi connectivity index (χ3v) is 7.49. The highest BCUT2D eigenvalue weighted by atomic mass is 16.5. The molecule has 0 saturated heterocycles. The van der Waals surface area contributed by atoms with E-state index in [9.17, 15) is 4.79 Å². The van der Waals surface area contributed by atoms with Crippen LogP contribution < -0.4 is 14.2 Å². The van der Waals surface area contributed by atoms with E-state index in [2.05, 4.69) is 24.3 Å². The summed E-state index contributed by atoms with van der Waals surface area (Å²) in [4.78, 5) is 12.6. The van der Waals surface area contributed by atoms with E-state index in [0.717, 1.165) is 76.5 Å². The lowest BCUT2D eigenvalue weighted by Gasteiger charge is -2.17. The molecule has 0 aliphatic heterocycles. The summed E-state index contributed by atoms with van der Waals surface area (Å²) in [7, 11) is 0. The maximum Gasteiger partial charge on any atom is 0.343 e. The van der Waals surface area contributed by atoms with Crippen molar-refractivity contribution in [3.63, 3.8) is 0 Å². The van der Waals surface area contributed by atoms with Crippen LogP contribution in [0.25, 0.3) is 0 Å². The molecule has 6 nitrogen and oxygen atoms in total. The first kappa shape index (κ1) is 30.9. The van der Waals surface area contributed by atoms with Crippen molar-refractivity contribution in [1.29, 1.82) is 0 Å². The van der Waals surface area contributed by atoms with Crippen LogP contribution in [0.2, 0.25) is 0 Å². The van der Waals surface area contributed by atoms with Crippen LogP contribution in [0.15, 0.2) is 72.8 Å². The monoisotopic (exact) mass is 562 g/mol. The maximum absolute atomic E-state index is 12.6. The fourth-order valence-electron chi connectivity index (χ4n) is 4.96. The lowest BCUT2D eigenvalue weighted by atomic mass is 9.95. The Bertz CT molecular complexity index is 1060. The zero-order valence-corrected chi connectivity index (χ0v) is 24.3. The minimum absolute atomic E-state index is 0.403. The predicted molar refractivity (Wildman–Crippen MR) is 162 cm³/mol. The number of allylic oxidation sites excluding steroid dienone is 4. The van der Waals surface area contributed by atoms with E-state index in [0.29, 0.717) is 36.4 Å². The van der Waals surface area contributed by atoms with Gasteiger partial charge in [-0.2, -0.15) is 0 Å². The van der Waals surface area contributed by atoms with Gasteiger partial charge in [-0.05, 0) is 125 Å². The summed E-state index contributed by atoms with van der Waals surface area (Å²) in [6.45, 7) is 4.53. The Morgan fingerprint density at radius 3 is 1.54 bits per heavy atom. The zero-order chi connectivity index (χ0) is 28.4. The number of carbonyl (C=O) groups excluding carboxylic acids is 1. The fraction of sp³-hybridized carbons (Fsp3) is 0.514. The quantitative estimate of drug-likeness (QED) is 0.0795. The lowest BCUT2D eigenvalue weighted by Crippen LogP contribution is -2.12. The molecule has 2 atom stereocenters. The van der Waals surface area contributed by atoms with Crippen LogP contribution in [0.3, 0.4) is 0 Å². The summed E-state index contributed by atoms with van der Waals surface area (Å²) in [5.41, 5.74) is 0.478. The maximum atomic E-state index is 12.6. The average Bonchev–Trinajstić information content (AvgIpc) is 3.02. The van der Waals surface area contributed by atoms with Gasteiger partial charge in [-0.3, -0.25) is 0 Å². The molecule has 2 aromatic carbocycles. The molecule has 0 amide bonds. The molecule has 0 fully saturated rings. The van der Waals surface area contributed by atoms with E-state index in [-0.39, 0.29) is 0 Å². The van der Waals surface area contributed by atoms with Crippen molar-refractivity contribution in [3.8, 4) is 17.2 Å². The van der Waals surface area contributed by atoms with Gasteiger partial charge in [-0.25, -0.2) is 4.79 Å². The number of rotatable bonds is 18. The van der Waals surface area contributed by atoms with Gasteiger partial charge in [-0.1, -0.05) is 24.3 Å². The van der Waals surface area contributed by atoms with Crippen LogP contribution >= 0.6 is 0 Å². The van der Waals surface area contributed by atoms with Crippen LogP contribution in [0.1, 0.15) is 74.6 Å². The van der Waals surface area contributed by atoms with Crippen molar-refractivity contribution < 1.29 is 28.5 Å². The van der Waals surface area contributed by atoms with E-state index >= 15 is 0 Å². The molecule has 222 valence electrons. The first-order valence-electron chi connectivity index (χ1n) is 15.4. The van der Waals surface area contributed by atoms with Crippen molar-refractivity contribution >= 4 is 5.97 Å². The molecule has 0 spiro atoms. The molecule has 2 aliphatic carbocycles. The van der Waals surface area contributed by atoms with E-state index in [1.807, 2.05) is 12.1 Å². The minimum atomic E-state index is -0.403. The number of esters is 1. The molecular weight excluding hydrogens is 516 g/mol.